The van der Waals surface area contributed by atoms with Gasteiger partial charge >= 0.3 is 0 Å². The number of amides is 1. The third-order valence-electron chi connectivity index (χ3n) is 3.58. The van der Waals surface area contributed by atoms with E-state index in [4.69, 9.17) is 4.74 Å². The van der Waals surface area contributed by atoms with E-state index >= 15 is 0 Å². The Morgan fingerprint density at radius 2 is 1.96 bits per heavy atom. The van der Waals surface area contributed by atoms with Crippen LogP contribution in [0.4, 0.5) is 10.1 Å². The van der Waals surface area contributed by atoms with Crippen molar-refractivity contribution in [3.8, 4) is 5.75 Å². The van der Waals surface area contributed by atoms with Crippen molar-refractivity contribution in [1.82, 2.24) is 0 Å². The van der Waals surface area contributed by atoms with Gasteiger partial charge in [-0.3, -0.25) is 9.59 Å². The fourth-order valence-electron chi connectivity index (χ4n) is 2.27. The molecule has 0 atom stereocenters. The second kappa shape index (κ2) is 8.67. The fourth-order valence-corrected chi connectivity index (χ4v) is 3.08. The van der Waals surface area contributed by atoms with E-state index in [0.29, 0.717) is 17.1 Å². The van der Waals surface area contributed by atoms with Gasteiger partial charge in [0.15, 0.2) is 5.78 Å². The third-order valence-corrected chi connectivity index (χ3v) is 4.56. The lowest BCUT2D eigenvalue weighted by Crippen LogP contribution is -2.15. The van der Waals surface area contributed by atoms with E-state index in [1.54, 1.807) is 44.4 Å². The number of methoxy groups -OCH3 is 1. The maximum Gasteiger partial charge on any atom is 0.234 e. The second-order valence-corrected chi connectivity index (χ2v) is 6.59. The summed E-state index contributed by atoms with van der Waals surface area (Å²) in [7, 11) is 1.56. The van der Waals surface area contributed by atoms with Crippen molar-refractivity contribution in [1.29, 1.82) is 0 Å². The van der Waals surface area contributed by atoms with Crippen molar-refractivity contribution >= 4 is 29.1 Å². The molecular weight excluding hydrogens is 341 g/mol. The first kappa shape index (κ1) is 19.0. The summed E-state index contributed by atoms with van der Waals surface area (Å²) in [6.45, 7) is 3.29. The zero-order valence-corrected chi connectivity index (χ0v) is 15.2. The maximum atomic E-state index is 13.7. The van der Waals surface area contributed by atoms with E-state index in [-0.39, 0.29) is 23.1 Å². The molecule has 6 heteroatoms. The first-order valence-electron chi connectivity index (χ1n) is 7.72. The number of ketones is 1. The minimum Gasteiger partial charge on any atom is -0.496 e. The van der Waals surface area contributed by atoms with Crippen molar-refractivity contribution in [3.63, 3.8) is 0 Å². The van der Waals surface area contributed by atoms with Gasteiger partial charge in [-0.05, 0) is 49.7 Å². The number of ether oxygens (including phenoxy) is 1. The summed E-state index contributed by atoms with van der Waals surface area (Å²) in [5.74, 6) is 0.585. The van der Waals surface area contributed by atoms with Crippen LogP contribution < -0.4 is 10.1 Å². The molecule has 0 bridgehead atoms. The minimum absolute atomic E-state index is 0.0264. The normalized spacial score (nSPS) is 10.4. The highest BCUT2D eigenvalue weighted by molar-refractivity contribution is 7.99. The molecular formula is C19H20FNO3S. The number of benzene rings is 2. The molecule has 0 fully saturated rings. The maximum absolute atomic E-state index is 13.7. The first-order valence-corrected chi connectivity index (χ1v) is 8.87. The van der Waals surface area contributed by atoms with Gasteiger partial charge in [-0.2, -0.15) is 0 Å². The summed E-state index contributed by atoms with van der Waals surface area (Å²) in [6.07, 6.45) is 0. The van der Waals surface area contributed by atoms with Crippen molar-refractivity contribution < 1.29 is 18.7 Å². The Morgan fingerprint density at radius 1 is 1.20 bits per heavy atom. The van der Waals surface area contributed by atoms with Crippen LogP contribution in [0.3, 0.4) is 0 Å². The highest BCUT2D eigenvalue weighted by Gasteiger charge is 2.10. The minimum atomic E-state index is -0.450. The van der Waals surface area contributed by atoms with Crippen molar-refractivity contribution in [2.75, 3.05) is 18.2 Å². The van der Waals surface area contributed by atoms with E-state index in [0.717, 1.165) is 11.1 Å². The van der Waals surface area contributed by atoms with Gasteiger partial charge in [0.2, 0.25) is 5.91 Å². The van der Waals surface area contributed by atoms with E-state index in [1.807, 2.05) is 0 Å². The molecule has 0 radical (unpaired) electrons. The van der Waals surface area contributed by atoms with Crippen LogP contribution in [0, 0.1) is 12.7 Å². The van der Waals surface area contributed by atoms with E-state index in [9.17, 15) is 14.0 Å². The molecule has 2 rings (SSSR count). The van der Waals surface area contributed by atoms with E-state index < -0.39 is 5.82 Å². The van der Waals surface area contributed by atoms with Gasteiger partial charge < -0.3 is 10.1 Å². The number of Topliss-reactive ketones (excluding diaryl/α,β-unsaturated/α-hetero) is 1. The summed E-state index contributed by atoms with van der Waals surface area (Å²) in [6, 6.07) is 9.89. The van der Waals surface area contributed by atoms with Crippen molar-refractivity contribution in [3.05, 3.63) is 58.9 Å². The SMILES string of the molecule is COc1ccc(C(C)=O)cc1CSCC(=O)Nc1ccc(C)cc1F. The predicted molar refractivity (Wildman–Crippen MR) is 98.9 cm³/mol. The van der Waals surface area contributed by atoms with Gasteiger partial charge in [-0.1, -0.05) is 6.07 Å². The Labute approximate surface area is 150 Å². The Kier molecular flexibility index (Phi) is 6.58. The van der Waals surface area contributed by atoms with Gasteiger partial charge in [0, 0.05) is 16.9 Å². The Bertz CT molecular complexity index is 792. The number of thioether (sulfide) groups is 1. The molecule has 25 heavy (non-hydrogen) atoms. The van der Waals surface area contributed by atoms with Crippen LogP contribution in [0.25, 0.3) is 0 Å². The molecule has 1 amide bonds. The summed E-state index contributed by atoms with van der Waals surface area (Å²) >= 11 is 1.37. The predicted octanol–water partition coefficient (Wildman–Crippen LogP) is 4.22. The highest BCUT2D eigenvalue weighted by atomic mass is 32.2. The van der Waals surface area contributed by atoms with Crippen LogP contribution >= 0.6 is 11.8 Å². The number of nitrogens with one attached hydrogen (secondary N) is 1. The van der Waals surface area contributed by atoms with Crippen LogP contribution in [0.5, 0.6) is 5.75 Å². The summed E-state index contributed by atoms with van der Waals surface area (Å²) in [5.41, 5.74) is 2.41. The Balaban J connectivity index is 1.94. The number of hydrogen-bond donors (Lipinski definition) is 1. The van der Waals surface area contributed by atoms with Crippen molar-refractivity contribution in [2.24, 2.45) is 0 Å². The van der Waals surface area contributed by atoms with E-state index in [1.165, 1.54) is 24.8 Å². The Hall–Kier alpha value is -2.34. The molecule has 0 unspecified atom stereocenters. The lowest BCUT2D eigenvalue weighted by atomic mass is 10.1. The van der Waals surface area contributed by atoms with Crippen LogP contribution in [0.15, 0.2) is 36.4 Å². The van der Waals surface area contributed by atoms with Crippen LogP contribution in [0.1, 0.15) is 28.4 Å². The molecule has 0 aliphatic heterocycles. The number of hydrogen-bond acceptors (Lipinski definition) is 4. The van der Waals surface area contributed by atoms with Gasteiger partial charge in [0.05, 0.1) is 18.6 Å². The number of halogens is 1. The molecule has 0 heterocycles. The average molecular weight is 361 g/mol. The van der Waals surface area contributed by atoms with Crippen LogP contribution in [-0.2, 0) is 10.5 Å². The number of aryl methyl sites for hydroxylation is 1. The largest absolute Gasteiger partial charge is 0.496 e. The van der Waals surface area contributed by atoms with Crippen LogP contribution in [-0.4, -0.2) is 24.6 Å². The topological polar surface area (TPSA) is 55.4 Å². The van der Waals surface area contributed by atoms with Gasteiger partial charge in [-0.25, -0.2) is 4.39 Å². The standard InChI is InChI=1S/C19H20FNO3S/c1-12-4-6-17(16(20)8-12)21-19(23)11-25-10-15-9-14(13(2)22)5-7-18(15)24-3/h4-9H,10-11H2,1-3H3,(H,21,23). The molecule has 132 valence electrons. The van der Waals surface area contributed by atoms with Crippen molar-refractivity contribution in [2.45, 2.75) is 19.6 Å². The summed E-state index contributed by atoms with van der Waals surface area (Å²) < 4.78 is 19.0. The van der Waals surface area contributed by atoms with Gasteiger partial charge in [-0.15, -0.1) is 11.8 Å². The van der Waals surface area contributed by atoms with Gasteiger partial charge in [0.1, 0.15) is 11.6 Å². The molecule has 0 aliphatic rings. The quantitative estimate of drug-likeness (QED) is 0.751. The molecule has 2 aromatic rings. The number of anilines is 1. The average Bonchev–Trinajstić information content (AvgIpc) is 2.57. The zero-order valence-electron chi connectivity index (χ0n) is 14.4. The number of carbonyl (C=O) groups is 2. The second-order valence-electron chi connectivity index (χ2n) is 5.61. The molecule has 4 nitrogen and oxygen atoms in total. The zero-order chi connectivity index (χ0) is 18.4. The lowest BCUT2D eigenvalue weighted by molar-refractivity contribution is -0.113. The van der Waals surface area contributed by atoms with Crippen LogP contribution in [0.2, 0.25) is 0 Å². The fraction of sp³-hybridized carbons (Fsp3) is 0.263. The van der Waals surface area contributed by atoms with E-state index in [2.05, 4.69) is 5.32 Å². The molecule has 2 aromatic carbocycles. The molecule has 1 N–H and O–H groups in total. The molecule has 0 spiro atoms. The smallest absolute Gasteiger partial charge is 0.234 e. The van der Waals surface area contributed by atoms with Gasteiger partial charge in [0.25, 0.3) is 0 Å². The lowest BCUT2D eigenvalue weighted by Gasteiger charge is -2.10. The number of carbonyl (C=O) groups excluding carboxylic acids is 2. The highest BCUT2D eigenvalue weighted by Crippen LogP contribution is 2.25. The molecule has 0 saturated carbocycles. The molecule has 0 saturated heterocycles. The third kappa shape index (κ3) is 5.32. The monoisotopic (exact) mass is 361 g/mol. The molecule has 0 aliphatic carbocycles. The number of rotatable bonds is 7. The summed E-state index contributed by atoms with van der Waals surface area (Å²) in [4.78, 5) is 23.5. The summed E-state index contributed by atoms with van der Waals surface area (Å²) in [5, 5.41) is 2.56. The Morgan fingerprint density at radius 3 is 2.60 bits per heavy atom. The first-order chi connectivity index (χ1) is 11.9. The molecule has 0 aromatic heterocycles.